The van der Waals surface area contributed by atoms with Gasteiger partial charge in [-0.2, -0.15) is 0 Å². The fraction of sp³-hybridized carbons (Fsp3) is 0.357. The van der Waals surface area contributed by atoms with Crippen molar-refractivity contribution in [2.45, 2.75) is 24.3 Å². The van der Waals surface area contributed by atoms with Crippen LogP contribution in [0.15, 0.2) is 33.1 Å². The Morgan fingerprint density at radius 3 is 3.10 bits per heavy atom. The quantitative estimate of drug-likeness (QED) is 0.830. The van der Waals surface area contributed by atoms with Gasteiger partial charge in [0.25, 0.3) is 0 Å². The maximum Gasteiger partial charge on any atom is 0.329 e. The highest BCUT2D eigenvalue weighted by Crippen LogP contribution is 2.37. The number of thioether (sulfide) groups is 1. The summed E-state index contributed by atoms with van der Waals surface area (Å²) in [4.78, 5) is 21.1. The summed E-state index contributed by atoms with van der Waals surface area (Å²) in [7, 11) is 3.57. The molecule has 1 aromatic carbocycles. The molecule has 2 aliphatic heterocycles. The van der Waals surface area contributed by atoms with Gasteiger partial charge in [0.2, 0.25) is 0 Å². The Kier molecular flexibility index (Phi) is 4.61. The fourth-order valence-electron chi connectivity index (χ4n) is 2.12. The first-order valence-electron chi connectivity index (χ1n) is 6.61. The third-order valence-electron chi connectivity index (χ3n) is 3.13. The van der Waals surface area contributed by atoms with Crippen molar-refractivity contribution in [3.05, 3.63) is 23.8 Å². The number of benzene rings is 1. The molecule has 7 heteroatoms. The number of hydrogen-bond donors (Lipinski definition) is 1. The topological polar surface area (TPSA) is 62.0 Å². The van der Waals surface area contributed by atoms with Gasteiger partial charge in [0.15, 0.2) is 6.04 Å². The number of nitrogens with zero attached hydrogens (tertiary/aromatic N) is 2. The maximum atomic E-state index is 11.0. The number of carbonyl (C=O) groups is 1. The molecule has 4 nitrogen and oxygen atoms in total. The molecule has 110 valence electrons. The van der Waals surface area contributed by atoms with Gasteiger partial charge < -0.3 is 5.11 Å². The molecule has 0 aromatic heterocycles. The lowest BCUT2D eigenvalue weighted by Crippen LogP contribution is -2.17. The van der Waals surface area contributed by atoms with Gasteiger partial charge in [0.05, 0.1) is 11.4 Å². The van der Waals surface area contributed by atoms with Crippen molar-refractivity contribution in [3.63, 3.8) is 0 Å². The predicted octanol–water partition coefficient (Wildman–Crippen LogP) is 3.67. The van der Waals surface area contributed by atoms with E-state index in [1.54, 1.807) is 10.8 Å². The molecule has 1 N–H and O–H groups in total. The molecule has 3 rings (SSSR count). The largest absolute Gasteiger partial charge is 0.480 e. The van der Waals surface area contributed by atoms with Crippen LogP contribution in [0.25, 0.3) is 0 Å². The van der Waals surface area contributed by atoms with Crippen LogP contribution in [-0.2, 0) is 11.2 Å². The second kappa shape index (κ2) is 6.46. The van der Waals surface area contributed by atoms with Gasteiger partial charge in [-0.25, -0.2) is 9.79 Å². The van der Waals surface area contributed by atoms with E-state index in [4.69, 9.17) is 5.11 Å². The van der Waals surface area contributed by atoms with Crippen molar-refractivity contribution in [2.75, 3.05) is 11.5 Å². The van der Waals surface area contributed by atoms with Crippen molar-refractivity contribution >= 4 is 55.8 Å². The van der Waals surface area contributed by atoms with E-state index < -0.39 is 12.0 Å². The average molecular weight is 338 g/mol. The lowest BCUT2D eigenvalue weighted by atomic mass is 10.1. The predicted molar refractivity (Wildman–Crippen MR) is 92.5 cm³/mol. The molecular formula is C14H14N2O2S3. The third-order valence-corrected chi connectivity index (χ3v) is 6.66. The average Bonchev–Trinajstić information content (AvgIpc) is 3.10. The number of rotatable bonds is 5. The molecule has 1 aromatic rings. The summed E-state index contributed by atoms with van der Waals surface area (Å²) in [5.41, 5.74) is 3.09. The van der Waals surface area contributed by atoms with Crippen LogP contribution in [0.5, 0.6) is 0 Å². The lowest BCUT2D eigenvalue weighted by molar-refractivity contribution is -0.137. The van der Waals surface area contributed by atoms with E-state index in [9.17, 15) is 4.79 Å². The van der Waals surface area contributed by atoms with Crippen LogP contribution in [0.1, 0.15) is 12.5 Å². The maximum absolute atomic E-state index is 11.0. The van der Waals surface area contributed by atoms with Crippen LogP contribution >= 0.6 is 33.3 Å². The van der Waals surface area contributed by atoms with Crippen molar-refractivity contribution in [1.82, 2.24) is 0 Å². The van der Waals surface area contributed by atoms with Gasteiger partial charge in [-0.1, -0.05) is 34.6 Å². The number of hydrogen-bond acceptors (Lipinski definition) is 6. The molecular weight excluding hydrogens is 324 g/mol. The van der Waals surface area contributed by atoms with E-state index in [0.29, 0.717) is 5.75 Å². The number of carboxylic acids is 1. The summed E-state index contributed by atoms with van der Waals surface area (Å²) in [6.45, 7) is 2.13. The van der Waals surface area contributed by atoms with Crippen LogP contribution in [-0.4, -0.2) is 39.4 Å². The Balaban J connectivity index is 1.78. The Hall–Kier alpha value is -0.920. The van der Waals surface area contributed by atoms with E-state index in [1.165, 1.54) is 22.2 Å². The molecule has 0 spiro atoms. The first kappa shape index (κ1) is 15.0. The number of fused-ring (bicyclic) bond motifs is 1. The van der Waals surface area contributed by atoms with Crippen LogP contribution in [0.2, 0.25) is 0 Å². The van der Waals surface area contributed by atoms with Gasteiger partial charge >= 0.3 is 5.97 Å². The molecule has 0 aliphatic carbocycles. The number of aliphatic carboxylic acids is 1. The summed E-state index contributed by atoms with van der Waals surface area (Å²) in [6.07, 6.45) is 0.749. The minimum Gasteiger partial charge on any atom is -0.480 e. The molecule has 0 saturated carbocycles. The van der Waals surface area contributed by atoms with Crippen LogP contribution in [0, 0.1) is 0 Å². The summed E-state index contributed by atoms with van der Waals surface area (Å²) in [6, 6.07) is 5.71. The van der Waals surface area contributed by atoms with Gasteiger partial charge in [0.1, 0.15) is 5.04 Å². The first-order valence-corrected chi connectivity index (χ1v) is 9.91. The van der Waals surface area contributed by atoms with Gasteiger partial charge in [0, 0.05) is 22.8 Å². The number of aliphatic imine (C=N–C) groups is 2. The molecule has 0 bridgehead atoms. The van der Waals surface area contributed by atoms with Gasteiger partial charge in [-0.3, -0.25) is 4.99 Å². The molecule has 1 unspecified atom stereocenters. The van der Waals surface area contributed by atoms with Crippen LogP contribution in [0.3, 0.4) is 0 Å². The number of carboxylic acid groups (broad SMARTS) is 1. The highest BCUT2D eigenvalue weighted by Gasteiger charge is 2.29. The second-order valence-corrected chi connectivity index (χ2v) is 8.28. The zero-order chi connectivity index (χ0) is 14.8. The molecule has 0 amide bonds. The van der Waals surface area contributed by atoms with Crippen molar-refractivity contribution in [1.29, 1.82) is 0 Å². The monoisotopic (exact) mass is 338 g/mol. The Morgan fingerprint density at radius 2 is 2.38 bits per heavy atom. The summed E-state index contributed by atoms with van der Waals surface area (Å²) < 4.78 is 0. The van der Waals surface area contributed by atoms with E-state index >= 15 is 0 Å². The summed E-state index contributed by atoms with van der Waals surface area (Å²) in [5.74, 6) is 0.720. The van der Waals surface area contributed by atoms with Crippen molar-refractivity contribution in [3.8, 4) is 0 Å². The molecule has 21 heavy (non-hydrogen) atoms. The lowest BCUT2D eigenvalue weighted by Gasteiger charge is -2.01. The molecule has 2 aliphatic rings. The molecule has 2 heterocycles. The smallest absolute Gasteiger partial charge is 0.329 e. The van der Waals surface area contributed by atoms with Crippen LogP contribution in [0.4, 0.5) is 5.69 Å². The highest BCUT2D eigenvalue weighted by atomic mass is 33.1. The summed E-state index contributed by atoms with van der Waals surface area (Å²) >= 11 is 1.49. The Morgan fingerprint density at radius 1 is 1.52 bits per heavy atom. The molecule has 0 saturated heterocycles. The SMILES string of the molecule is CCSSc1ccc2c(c1)N=C(C1=NC(C(=O)O)CS1)C2. The van der Waals surface area contributed by atoms with Crippen molar-refractivity contribution < 1.29 is 9.90 Å². The minimum absolute atomic E-state index is 0.508. The Labute approximate surface area is 135 Å². The van der Waals surface area contributed by atoms with E-state index in [-0.39, 0.29) is 0 Å². The van der Waals surface area contributed by atoms with Crippen molar-refractivity contribution in [2.24, 2.45) is 9.98 Å². The molecule has 0 radical (unpaired) electrons. The third kappa shape index (κ3) is 3.30. The fourth-order valence-corrected chi connectivity index (χ4v) is 4.75. The van der Waals surface area contributed by atoms with Gasteiger partial charge in [-0.15, -0.1) is 11.8 Å². The first-order chi connectivity index (χ1) is 10.2. The van der Waals surface area contributed by atoms with Crippen LogP contribution < -0.4 is 0 Å². The molecule has 0 fully saturated rings. The summed E-state index contributed by atoms with van der Waals surface area (Å²) in [5, 5.41) is 9.79. The van der Waals surface area contributed by atoms with E-state index in [2.05, 4.69) is 35.1 Å². The minimum atomic E-state index is -0.858. The Bertz CT molecular complexity index is 643. The normalized spacial score (nSPS) is 20.1. The van der Waals surface area contributed by atoms with Gasteiger partial charge in [-0.05, 0) is 17.7 Å². The zero-order valence-electron chi connectivity index (χ0n) is 11.4. The second-order valence-electron chi connectivity index (χ2n) is 4.61. The highest BCUT2D eigenvalue weighted by molar-refractivity contribution is 8.76. The standard InChI is InChI=1S/C14H14N2O2S3/c1-2-20-21-9-4-3-8-5-11(15-10(8)6-9)13-16-12(7-19-13)14(17)18/h3-4,6,12H,2,5,7H2,1H3,(H,17,18). The van der Waals surface area contributed by atoms with E-state index in [0.717, 1.165) is 28.6 Å². The van der Waals surface area contributed by atoms with E-state index in [1.807, 2.05) is 10.8 Å². The molecule has 1 atom stereocenters. The zero-order valence-corrected chi connectivity index (χ0v) is 13.9.